The van der Waals surface area contributed by atoms with Crippen LogP contribution in [0.15, 0.2) is 78.9 Å². The summed E-state index contributed by atoms with van der Waals surface area (Å²) in [6, 6.07) is 24.0. The number of anilines is 1. The van der Waals surface area contributed by atoms with Gasteiger partial charge in [-0.15, -0.1) is 11.8 Å². The van der Waals surface area contributed by atoms with E-state index < -0.39 is 0 Å². The van der Waals surface area contributed by atoms with Crippen LogP contribution in [-0.2, 0) is 9.59 Å². The van der Waals surface area contributed by atoms with Crippen molar-refractivity contribution in [2.24, 2.45) is 5.92 Å². The summed E-state index contributed by atoms with van der Waals surface area (Å²) in [4.78, 5) is 28.5. The highest BCUT2D eigenvalue weighted by Crippen LogP contribution is 2.49. The van der Waals surface area contributed by atoms with Crippen molar-refractivity contribution < 1.29 is 14.0 Å². The molecule has 1 atom stereocenters. The molecule has 1 aliphatic heterocycles. The smallest absolute Gasteiger partial charge is 0.240 e. The van der Waals surface area contributed by atoms with Crippen LogP contribution in [0.25, 0.3) is 16.9 Å². The average molecular weight is 557 g/mol. The number of thioether (sulfide) groups is 1. The molecule has 8 heteroatoms. The first-order valence-corrected chi connectivity index (χ1v) is 14.6. The average Bonchev–Trinajstić information content (AvgIpc) is 3.27. The zero-order valence-electron chi connectivity index (χ0n) is 22.9. The standard InChI is InChI=1S/C32H33FN4O2S/c1-21(2)17-18-34-27(38)19-36-28(39)20-40-31(26-12-8-7-9-22(26)3)29-30(23-10-5-4-6-11-23)35-37(32(29)36)25-15-13-24(33)14-16-25/h4-16,21,31H,17-20H2,1-3H3,(H,34,38). The summed E-state index contributed by atoms with van der Waals surface area (Å²) in [6.07, 6.45) is 0.849. The van der Waals surface area contributed by atoms with Crippen LogP contribution in [0.1, 0.15) is 42.2 Å². The van der Waals surface area contributed by atoms with Gasteiger partial charge in [0, 0.05) is 17.7 Å². The second-order valence-electron chi connectivity index (χ2n) is 10.4. The zero-order valence-corrected chi connectivity index (χ0v) is 23.7. The van der Waals surface area contributed by atoms with Crippen LogP contribution in [0.4, 0.5) is 10.2 Å². The number of carbonyl (C=O) groups excluding carboxylic acids is 2. The van der Waals surface area contributed by atoms with Crippen LogP contribution in [-0.4, -0.2) is 40.4 Å². The Labute approximate surface area is 238 Å². The fourth-order valence-corrected chi connectivity index (χ4v) is 6.21. The van der Waals surface area contributed by atoms with E-state index in [0.717, 1.165) is 34.4 Å². The van der Waals surface area contributed by atoms with E-state index in [1.165, 1.54) is 23.9 Å². The zero-order chi connectivity index (χ0) is 28.2. The number of fused-ring (bicyclic) bond motifs is 1. The summed E-state index contributed by atoms with van der Waals surface area (Å²) in [5, 5.41) is 7.80. The summed E-state index contributed by atoms with van der Waals surface area (Å²) in [5.41, 5.74) is 5.27. The molecule has 2 amide bonds. The Morgan fingerprint density at radius 3 is 2.45 bits per heavy atom. The topological polar surface area (TPSA) is 67.2 Å². The molecule has 0 bridgehead atoms. The van der Waals surface area contributed by atoms with Crippen LogP contribution in [0.2, 0.25) is 0 Å². The Morgan fingerprint density at radius 2 is 1.75 bits per heavy atom. The van der Waals surface area contributed by atoms with Gasteiger partial charge in [0.25, 0.3) is 0 Å². The van der Waals surface area contributed by atoms with Gasteiger partial charge in [0.05, 0.1) is 22.4 Å². The van der Waals surface area contributed by atoms with Gasteiger partial charge in [-0.1, -0.05) is 68.4 Å². The monoisotopic (exact) mass is 556 g/mol. The number of rotatable bonds is 8. The van der Waals surface area contributed by atoms with Crippen LogP contribution >= 0.6 is 11.8 Å². The fourth-order valence-electron chi connectivity index (χ4n) is 4.92. The van der Waals surface area contributed by atoms with Crippen LogP contribution in [0.3, 0.4) is 0 Å². The molecule has 2 heterocycles. The highest BCUT2D eigenvalue weighted by Gasteiger charge is 2.38. The van der Waals surface area contributed by atoms with Crippen molar-refractivity contribution in [1.82, 2.24) is 15.1 Å². The molecule has 6 nitrogen and oxygen atoms in total. The summed E-state index contributed by atoms with van der Waals surface area (Å²) in [7, 11) is 0. The molecule has 1 aromatic heterocycles. The van der Waals surface area contributed by atoms with Crippen LogP contribution < -0.4 is 10.2 Å². The van der Waals surface area contributed by atoms with E-state index in [0.29, 0.717) is 24.0 Å². The van der Waals surface area contributed by atoms with Gasteiger partial charge in [-0.2, -0.15) is 5.10 Å². The molecule has 0 spiro atoms. The van der Waals surface area contributed by atoms with Gasteiger partial charge < -0.3 is 5.32 Å². The number of carbonyl (C=O) groups is 2. The molecule has 3 aromatic carbocycles. The number of benzene rings is 3. The number of hydrogen-bond acceptors (Lipinski definition) is 4. The van der Waals surface area contributed by atoms with Crippen molar-refractivity contribution in [2.75, 3.05) is 23.7 Å². The molecule has 0 saturated heterocycles. The minimum atomic E-state index is -0.365. The Balaban J connectivity index is 1.73. The van der Waals surface area contributed by atoms with Crippen LogP contribution in [0, 0.1) is 18.7 Å². The predicted octanol–water partition coefficient (Wildman–Crippen LogP) is 6.32. The molecule has 4 aromatic rings. The van der Waals surface area contributed by atoms with E-state index in [9.17, 15) is 14.0 Å². The van der Waals surface area contributed by atoms with Crippen LogP contribution in [0.5, 0.6) is 0 Å². The minimum absolute atomic E-state index is 0.133. The van der Waals surface area contributed by atoms with Gasteiger partial charge in [0.2, 0.25) is 11.8 Å². The maximum Gasteiger partial charge on any atom is 0.240 e. The summed E-state index contributed by atoms with van der Waals surface area (Å²) in [6.45, 7) is 6.68. The molecule has 1 unspecified atom stereocenters. The highest BCUT2D eigenvalue weighted by atomic mass is 32.2. The lowest BCUT2D eigenvalue weighted by molar-refractivity contribution is -0.122. The first kappa shape index (κ1) is 27.6. The number of aromatic nitrogens is 2. The number of nitrogens with zero attached hydrogens (tertiary/aromatic N) is 3. The molecule has 0 fully saturated rings. The lowest BCUT2D eigenvalue weighted by Gasteiger charge is -2.23. The highest BCUT2D eigenvalue weighted by molar-refractivity contribution is 8.00. The van der Waals surface area contributed by atoms with Crippen molar-refractivity contribution in [3.05, 3.63) is 101 Å². The SMILES string of the molecule is Cc1ccccc1C1SCC(=O)N(CC(=O)NCCC(C)C)c2c1c(-c1ccccc1)nn2-c1ccc(F)cc1. The van der Waals surface area contributed by atoms with Crippen molar-refractivity contribution >= 4 is 29.4 Å². The summed E-state index contributed by atoms with van der Waals surface area (Å²) in [5.74, 6) is 0.414. The summed E-state index contributed by atoms with van der Waals surface area (Å²) >= 11 is 1.54. The van der Waals surface area contributed by atoms with Crippen molar-refractivity contribution in [3.8, 4) is 16.9 Å². The number of amides is 2. The van der Waals surface area contributed by atoms with E-state index in [4.69, 9.17) is 5.10 Å². The maximum atomic E-state index is 13.9. The third-order valence-electron chi connectivity index (χ3n) is 7.02. The predicted molar refractivity (Wildman–Crippen MR) is 159 cm³/mol. The number of hydrogen-bond donors (Lipinski definition) is 1. The third-order valence-corrected chi connectivity index (χ3v) is 8.26. The lowest BCUT2D eigenvalue weighted by atomic mass is 9.97. The van der Waals surface area contributed by atoms with Gasteiger partial charge in [0.15, 0.2) is 0 Å². The van der Waals surface area contributed by atoms with E-state index in [1.807, 2.05) is 42.5 Å². The normalized spacial score (nSPS) is 15.2. The molecule has 0 radical (unpaired) electrons. The van der Waals surface area contributed by atoms with Gasteiger partial charge in [-0.25, -0.2) is 9.07 Å². The molecule has 1 aliphatic rings. The molecular formula is C32H33FN4O2S. The van der Waals surface area contributed by atoms with Crippen molar-refractivity contribution in [1.29, 1.82) is 0 Å². The maximum absolute atomic E-state index is 13.9. The molecule has 5 rings (SSSR count). The number of nitrogens with one attached hydrogen (secondary N) is 1. The Hall–Kier alpha value is -3.91. The molecule has 206 valence electrons. The third kappa shape index (κ3) is 5.82. The lowest BCUT2D eigenvalue weighted by Crippen LogP contribution is -2.42. The largest absolute Gasteiger partial charge is 0.355 e. The minimum Gasteiger partial charge on any atom is -0.355 e. The number of halogens is 1. The summed E-state index contributed by atoms with van der Waals surface area (Å²) < 4.78 is 15.6. The fraction of sp³-hybridized carbons (Fsp3) is 0.281. The number of aryl methyl sites for hydroxylation is 1. The molecule has 0 aliphatic carbocycles. The van der Waals surface area contributed by atoms with E-state index in [2.05, 4.69) is 38.2 Å². The Kier molecular flexibility index (Phi) is 8.35. The van der Waals surface area contributed by atoms with Crippen molar-refractivity contribution in [3.63, 3.8) is 0 Å². The first-order chi connectivity index (χ1) is 19.3. The van der Waals surface area contributed by atoms with Crippen molar-refractivity contribution in [2.45, 2.75) is 32.4 Å². The van der Waals surface area contributed by atoms with Gasteiger partial charge in [0.1, 0.15) is 18.2 Å². The van der Waals surface area contributed by atoms with Gasteiger partial charge >= 0.3 is 0 Å². The van der Waals surface area contributed by atoms with E-state index in [-0.39, 0.29) is 35.2 Å². The Bertz CT molecular complexity index is 1500. The molecule has 1 N–H and O–H groups in total. The van der Waals surface area contributed by atoms with E-state index in [1.54, 1.807) is 21.7 Å². The first-order valence-electron chi connectivity index (χ1n) is 13.5. The molecular weight excluding hydrogens is 523 g/mol. The Morgan fingerprint density at radius 1 is 1.05 bits per heavy atom. The second-order valence-corrected chi connectivity index (χ2v) is 11.5. The van der Waals surface area contributed by atoms with Gasteiger partial charge in [-0.3, -0.25) is 14.5 Å². The quantitative estimate of drug-likeness (QED) is 0.276. The van der Waals surface area contributed by atoms with E-state index >= 15 is 0 Å². The molecule has 0 saturated carbocycles. The molecule has 40 heavy (non-hydrogen) atoms. The second kappa shape index (κ2) is 12.1. The van der Waals surface area contributed by atoms with Gasteiger partial charge in [-0.05, 0) is 54.7 Å².